The summed E-state index contributed by atoms with van der Waals surface area (Å²) in [5, 5.41) is 5.39. The van der Waals surface area contributed by atoms with Crippen LogP contribution in [0.4, 0.5) is 0 Å². The van der Waals surface area contributed by atoms with Crippen molar-refractivity contribution in [1.82, 2.24) is 14.7 Å². The van der Waals surface area contributed by atoms with E-state index in [4.69, 9.17) is 9.47 Å². The third kappa shape index (κ3) is 2.41. The monoisotopic (exact) mass is 329 g/mol. The van der Waals surface area contributed by atoms with Gasteiger partial charge in [0.15, 0.2) is 5.69 Å². The second-order valence-corrected chi connectivity index (χ2v) is 6.46. The molecule has 1 aliphatic heterocycles. The van der Waals surface area contributed by atoms with E-state index in [2.05, 4.69) is 5.10 Å². The number of hydrogen-bond acceptors (Lipinski definition) is 4. The van der Waals surface area contributed by atoms with Crippen LogP contribution >= 0.6 is 0 Å². The Kier molecular flexibility index (Phi) is 4.02. The smallest absolute Gasteiger partial charge is 0.275 e. The van der Waals surface area contributed by atoms with Gasteiger partial charge in [0.1, 0.15) is 6.10 Å². The quantitative estimate of drug-likeness (QED) is 0.864. The van der Waals surface area contributed by atoms with Crippen molar-refractivity contribution in [2.75, 3.05) is 19.8 Å². The fraction of sp³-hybridized carbons (Fsp3) is 0.556. The Morgan fingerprint density at radius 1 is 1.38 bits per heavy atom. The van der Waals surface area contributed by atoms with E-state index in [1.807, 2.05) is 43.1 Å². The molecule has 1 saturated carbocycles. The molecule has 0 radical (unpaired) electrons. The lowest BCUT2D eigenvalue weighted by atomic mass is 10.1. The molecular weight excluding hydrogens is 306 g/mol. The highest BCUT2D eigenvalue weighted by molar-refractivity contribution is 6.05. The molecule has 1 aromatic heterocycles. The SMILES string of the molecule is CCO[C@@H]1[C@H]2CC[C@H]1OCCN2C(=O)c1nn(C)c2ccccc12. The average molecular weight is 329 g/mol. The molecule has 2 fully saturated rings. The van der Waals surface area contributed by atoms with Crippen molar-refractivity contribution < 1.29 is 14.3 Å². The summed E-state index contributed by atoms with van der Waals surface area (Å²) in [6.45, 7) is 3.77. The number of carbonyl (C=O) groups excluding carboxylic acids is 1. The van der Waals surface area contributed by atoms with Gasteiger partial charge in [0.05, 0.1) is 24.3 Å². The molecule has 128 valence electrons. The highest BCUT2D eigenvalue weighted by atomic mass is 16.5. The van der Waals surface area contributed by atoms with Gasteiger partial charge in [-0.1, -0.05) is 18.2 Å². The Labute approximate surface area is 141 Å². The third-order valence-electron chi connectivity index (χ3n) is 5.14. The molecule has 1 saturated heterocycles. The number of benzene rings is 1. The number of para-hydroxylation sites is 1. The molecule has 0 spiro atoms. The van der Waals surface area contributed by atoms with Gasteiger partial charge in [-0.15, -0.1) is 0 Å². The van der Waals surface area contributed by atoms with Crippen LogP contribution in [0.25, 0.3) is 10.9 Å². The van der Waals surface area contributed by atoms with Crippen LogP contribution in [0, 0.1) is 0 Å². The zero-order chi connectivity index (χ0) is 16.7. The van der Waals surface area contributed by atoms with E-state index in [-0.39, 0.29) is 24.2 Å². The van der Waals surface area contributed by atoms with Gasteiger partial charge in [0, 0.05) is 25.6 Å². The van der Waals surface area contributed by atoms with Crippen molar-refractivity contribution in [2.45, 2.75) is 38.0 Å². The molecule has 24 heavy (non-hydrogen) atoms. The molecule has 2 aliphatic rings. The molecule has 1 aromatic carbocycles. The Morgan fingerprint density at radius 3 is 3.04 bits per heavy atom. The van der Waals surface area contributed by atoms with E-state index in [1.165, 1.54) is 0 Å². The number of amides is 1. The van der Waals surface area contributed by atoms with Crippen molar-refractivity contribution in [3.8, 4) is 0 Å². The summed E-state index contributed by atoms with van der Waals surface area (Å²) < 4.78 is 13.6. The number of aromatic nitrogens is 2. The molecule has 6 nitrogen and oxygen atoms in total. The second-order valence-electron chi connectivity index (χ2n) is 6.46. The van der Waals surface area contributed by atoms with E-state index in [0.29, 0.717) is 25.5 Å². The van der Waals surface area contributed by atoms with Crippen LogP contribution in [0.3, 0.4) is 0 Å². The minimum Gasteiger partial charge on any atom is -0.374 e. The van der Waals surface area contributed by atoms with E-state index >= 15 is 0 Å². The summed E-state index contributed by atoms with van der Waals surface area (Å²) in [6, 6.07) is 7.93. The van der Waals surface area contributed by atoms with Crippen LogP contribution < -0.4 is 0 Å². The summed E-state index contributed by atoms with van der Waals surface area (Å²) in [5.74, 6) is -0.0207. The predicted octanol–water partition coefficient (Wildman–Crippen LogP) is 1.98. The Morgan fingerprint density at radius 2 is 2.21 bits per heavy atom. The van der Waals surface area contributed by atoms with Crippen LogP contribution in [0.2, 0.25) is 0 Å². The molecule has 0 N–H and O–H groups in total. The number of ether oxygens (including phenoxy) is 2. The highest BCUT2D eigenvalue weighted by Crippen LogP contribution is 2.33. The van der Waals surface area contributed by atoms with Crippen LogP contribution in [0.5, 0.6) is 0 Å². The summed E-state index contributed by atoms with van der Waals surface area (Å²) in [6.07, 6.45) is 1.94. The first-order chi connectivity index (χ1) is 11.7. The van der Waals surface area contributed by atoms with Crippen molar-refractivity contribution in [1.29, 1.82) is 0 Å². The van der Waals surface area contributed by atoms with Gasteiger partial charge in [-0.05, 0) is 25.8 Å². The number of fused-ring (bicyclic) bond motifs is 3. The summed E-state index contributed by atoms with van der Waals surface area (Å²) in [5.41, 5.74) is 1.49. The van der Waals surface area contributed by atoms with E-state index < -0.39 is 0 Å². The topological polar surface area (TPSA) is 56.6 Å². The first-order valence-electron chi connectivity index (χ1n) is 8.66. The van der Waals surface area contributed by atoms with E-state index in [1.54, 1.807) is 4.68 Å². The molecule has 3 atom stereocenters. The van der Waals surface area contributed by atoms with Gasteiger partial charge in [0.2, 0.25) is 0 Å². The van der Waals surface area contributed by atoms with E-state index in [9.17, 15) is 4.79 Å². The number of rotatable bonds is 3. The first-order valence-corrected chi connectivity index (χ1v) is 8.66. The molecule has 6 heteroatoms. The number of hydrogen-bond donors (Lipinski definition) is 0. The molecule has 1 aliphatic carbocycles. The summed E-state index contributed by atoms with van der Waals surface area (Å²) in [7, 11) is 1.87. The molecular formula is C18H23N3O3. The highest BCUT2D eigenvalue weighted by Gasteiger charge is 2.45. The van der Waals surface area contributed by atoms with Crippen molar-refractivity contribution in [3.05, 3.63) is 30.0 Å². The molecule has 0 unspecified atom stereocenters. The van der Waals surface area contributed by atoms with Crippen molar-refractivity contribution in [2.24, 2.45) is 7.05 Å². The number of aryl methyl sites for hydroxylation is 1. The average Bonchev–Trinajstić information content (AvgIpc) is 3.06. The standard InChI is InChI=1S/C18H23N3O3/c1-3-23-17-14-8-9-15(17)24-11-10-21(14)18(22)16-12-6-4-5-7-13(12)20(2)19-16/h4-7,14-15,17H,3,8-11H2,1-2H3/t14-,15-,17-/m1/s1. The predicted molar refractivity (Wildman–Crippen MR) is 89.9 cm³/mol. The van der Waals surface area contributed by atoms with Crippen LogP contribution in [0.1, 0.15) is 30.3 Å². The second kappa shape index (κ2) is 6.18. The Hall–Kier alpha value is -1.92. The fourth-order valence-corrected chi connectivity index (χ4v) is 4.06. The first kappa shape index (κ1) is 15.6. The summed E-state index contributed by atoms with van der Waals surface area (Å²) in [4.78, 5) is 15.2. The van der Waals surface area contributed by atoms with Gasteiger partial charge in [-0.25, -0.2) is 0 Å². The van der Waals surface area contributed by atoms with Gasteiger partial charge >= 0.3 is 0 Å². The maximum Gasteiger partial charge on any atom is 0.275 e. The summed E-state index contributed by atoms with van der Waals surface area (Å²) >= 11 is 0. The molecule has 1 amide bonds. The molecule has 2 heterocycles. The Bertz CT molecular complexity index is 757. The number of carbonyl (C=O) groups is 1. The van der Waals surface area contributed by atoms with Crippen LogP contribution in [-0.4, -0.2) is 58.6 Å². The van der Waals surface area contributed by atoms with Gasteiger partial charge in [-0.2, -0.15) is 5.10 Å². The lowest BCUT2D eigenvalue weighted by Gasteiger charge is -2.30. The molecule has 2 bridgehead atoms. The van der Waals surface area contributed by atoms with Gasteiger partial charge in [-0.3, -0.25) is 9.48 Å². The maximum atomic E-state index is 13.3. The normalized spacial score (nSPS) is 26.8. The van der Waals surface area contributed by atoms with Crippen LogP contribution in [0.15, 0.2) is 24.3 Å². The maximum absolute atomic E-state index is 13.3. The fourth-order valence-electron chi connectivity index (χ4n) is 4.06. The molecule has 2 aromatic rings. The van der Waals surface area contributed by atoms with Crippen molar-refractivity contribution >= 4 is 16.8 Å². The van der Waals surface area contributed by atoms with Crippen LogP contribution in [-0.2, 0) is 16.5 Å². The largest absolute Gasteiger partial charge is 0.374 e. The lowest BCUT2D eigenvalue weighted by molar-refractivity contribution is -0.0484. The van der Waals surface area contributed by atoms with Gasteiger partial charge in [0.25, 0.3) is 5.91 Å². The van der Waals surface area contributed by atoms with Gasteiger partial charge < -0.3 is 14.4 Å². The minimum atomic E-state index is -0.0311. The minimum absolute atomic E-state index is 0.0207. The Balaban J connectivity index is 1.70. The van der Waals surface area contributed by atoms with Crippen molar-refractivity contribution in [3.63, 3.8) is 0 Å². The lowest BCUT2D eigenvalue weighted by Crippen LogP contribution is -2.46. The third-order valence-corrected chi connectivity index (χ3v) is 5.14. The number of nitrogens with zero attached hydrogens (tertiary/aromatic N) is 3. The molecule has 4 rings (SSSR count). The van der Waals surface area contributed by atoms with E-state index in [0.717, 1.165) is 23.7 Å². The zero-order valence-corrected chi connectivity index (χ0v) is 14.1. The zero-order valence-electron chi connectivity index (χ0n) is 14.1.